The third-order valence-electron chi connectivity index (χ3n) is 2.55. The van der Waals surface area contributed by atoms with Crippen LogP contribution in [-0.2, 0) is 0 Å². The smallest absolute Gasteiger partial charge is 0.0574 e. The Balaban J connectivity index is 2.31. The molecular weight excluding hydrogens is 184 g/mol. The molecule has 1 aromatic rings. The molecule has 0 spiro atoms. The zero-order valence-electron chi connectivity index (χ0n) is 9.84. The molecule has 0 fully saturated rings. The number of nitrogens with two attached hydrogens (primary N) is 1. The molecule has 15 heavy (non-hydrogen) atoms. The molecule has 0 bridgehead atoms. The molecule has 0 aliphatic rings. The van der Waals surface area contributed by atoms with Gasteiger partial charge in [0.05, 0.1) is 11.4 Å². The van der Waals surface area contributed by atoms with Crippen molar-refractivity contribution in [3.8, 4) is 0 Å². The second-order valence-electron chi connectivity index (χ2n) is 4.08. The molecule has 2 nitrogen and oxygen atoms in total. The van der Waals surface area contributed by atoms with Gasteiger partial charge in [0.1, 0.15) is 0 Å². The van der Waals surface area contributed by atoms with Crippen molar-refractivity contribution in [3.05, 3.63) is 23.8 Å². The minimum absolute atomic E-state index is 0.852. The Morgan fingerprint density at radius 1 is 1.20 bits per heavy atom. The predicted octanol–water partition coefficient (Wildman–Crippen LogP) is 3.57. The van der Waals surface area contributed by atoms with Crippen LogP contribution in [0.1, 0.15) is 38.2 Å². The number of unbranched alkanes of at least 4 members (excludes halogenated alkanes) is 3. The van der Waals surface area contributed by atoms with Gasteiger partial charge in [-0.25, -0.2) is 0 Å². The third kappa shape index (κ3) is 4.24. The lowest BCUT2D eigenvalue weighted by Crippen LogP contribution is -2.04. The molecule has 0 radical (unpaired) electrons. The van der Waals surface area contributed by atoms with E-state index in [1.165, 1.54) is 31.2 Å². The van der Waals surface area contributed by atoms with E-state index in [4.69, 9.17) is 5.73 Å². The summed E-state index contributed by atoms with van der Waals surface area (Å²) in [4.78, 5) is 0. The van der Waals surface area contributed by atoms with E-state index in [0.29, 0.717) is 0 Å². The second kappa shape index (κ2) is 6.33. The highest BCUT2D eigenvalue weighted by Crippen LogP contribution is 2.19. The highest BCUT2D eigenvalue weighted by Gasteiger charge is 1.97. The third-order valence-corrected chi connectivity index (χ3v) is 2.55. The molecule has 1 aromatic carbocycles. The highest BCUT2D eigenvalue weighted by molar-refractivity contribution is 5.66. The first-order chi connectivity index (χ1) is 7.24. The number of nitrogens with one attached hydrogen (secondary N) is 1. The fraction of sp³-hybridized carbons (Fsp3) is 0.538. The molecule has 0 unspecified atom stereocenters. The van der Waals surface area contributed by atoms with Gasteiger partial charge in [-0.3, -0.25) is 0 Å². The van der Waals surface area contributed by atoms with Crippen molar-refractivity contribution in [3.63, 3.8) is 0 Å². The lowest BCUT2D eigenvalue weighted by molar-refractivity contribution is 0.685. The Hall–Kier alpha value is -1.18. The summed E-state index contributed by atoms with van der Waals surface area (Å²) in [5.41, 5.74) is 9.03. The molecule has 84 valence electrons. The van der Waals surface area contributed by atoms with Crippen LogP contribution in [-0.4, -0.2) is 6.54 Å². The lowest BCUT2D eigenvalue weighted by Gasteiger charge is -2.09. The van der Waals surface area contributed by atoms with E-state index in [2.05, 4.69) is 31.3 Å². The number of nitrogen functional groups attached to an aromatic ring is 1. The highest BCUT2D eigenvalue weighted by atomic mass is 14.9. The summed E-state index contributed by atoms with van der Waals surface area (Å²) in [5, 5.41) is 3.37. The molecule has 2 heteroatoms. The monoisotopic (exact) mass is 206 g/mol. The fourth-order valence-electron chi connectivity index (χ4n) is 1.62. The Morgan fingerprint density at radius 3 is 2.67 bits per heavy atom. The van der Waals surface area contributed by atoms with Gasteiger partial charge < -0.3 is 11.1 Å². The lowest BCUT2D eigenvalue weighted by atomic mass is 10.2. The Kier molecular flexibility index (Phi) is 5.02. The largest absolute Gasteiger partial charge is 0.397 e. The van der Waals surface area contributed by atoms with Gasteiger partial charge in [0.25, 0.3) is 0 Å². The minimum atomic E-state index is 0.852. The quantitative estimate of drug-likeness (QED) is 0.551. The van der Waals surface area contributed by atoms with Crippen molar-refractivity contribution < 1.29 is 0 Å². The van der Waals surface area contributed by atoms with Gasteiger partial charge >= 0.3 is 0 Å². The number of rotatable bonds is 6. The average Bonchev–Trinajstić information content (AvgIpc) is 2.20. The average molecular weight is 206 g/mol. The molecule has 0 saturated heterocycles. The summed E-state index contributed by atoms with van der Waals surface area (Å²) in [7, 11) is 0. The van der Waals surface area contributed by atoms with Crippen LogP contribution in [0, 0.1) is 6.92 Å². The zero-order valence-corrected chi connectivity index (χ0v) is 9.84. The Bertz CT molecular complexity index is 295. The first-order valence-electron chi connectivity index (χ1n) is 5.84. The van der Waals surface area contributed by atoms with Crippen LogP contribution in [0.3, 0.4) is 0 Å². The van der Waals surface area contributed by atoms with Gasteiger partial charge in [-0.2, -0.15) is 0 Å². The van der Waals surface area contributed by atoms with Crippen molar-refractivity contribution >= 4 is 11.4 Å². The summed E-state index contributed by atoms with van der Waals surface area (Å²) in [6.45, 7) is 5.31. The van der Waals surface area contributed by atoms with Gasteiger partial charge in [0, 0.05) is 6.54 Å². The molecule has 0 aliphatic carbocycles. The van der Waals surface area contributed by atoms with E-state index in [0.717, 1.165) is 17.9 Å². The summed E-state index contributed by atoms with van der Waals surface area (Å²) in [5.74, 6) is 0. The second-order valence-corrected chi connectivity index (χ2v) is 4.08. The van der Waals surface area contributed by atoms with Crippen LogP contribution in [0.5, 0.6) is 0 Å². The Morgan fingerprint density at radius 2 is 2.00 bits per heavy atom. The number of benzene rings is 1. The molecule has 0 amide bonds. The fourth-order valence-corrected chi connectivity index (χ4v) is 1.62. The number of anilines is 2. The van der Waals surface area contributed by atoms with Crippen LogP contribution in [0.15, 0.2) is 18.2 Å². The number of aryl methyl sites for hydroxylation is 1. The van der Waals surface area contributed by atoms with Gasteiger partial charge in [0.2, 0.25) is 0 Å². The normalized spacial score (nSPS) is 10.3. The van der Waals surface area contributed by atoms with Crippen LogP contribution < -0.4 is 11.1 Å². The SMILES string of the molecule is CCCCCCNc1ccc(C)cc1N. The van der Waals surface area contributed by atoms with Gasteiger partial charge in [0.15, 0.2) is 0 Å². The molecular formula is C13H22N2. The van der Waals surface area contributed by atoms with Crippen LogP contribution in [0.2, 0.25) is 0 Å². The van der Waals surface area contributed by atoms with Crippen molar-refractivity contribution in [1.29, 1.82) is 0 Å². The molecule has 0 aliphatic heterocycles. The van der Waals surface area contributed by atoms with E-state index in [-0.39, 0.29) is 0 Å². The van der Waals surface area contributed by atoms with Crippen LogP contribution in [0.4, 0.5) is 11.4 Å². The number of hydrogen-bond donors (Lipinski definition) is 2. The minimum Gasteiger partial charge on any atom is -0.397 e. The molecule has 0 atom stereocenters. The molecule has 1 rings (SSSR count). The standard InChI is InChI=1S/C13H22N2/c1-3-4-5-6-9-15-13-8-7-11(2)10-12(13)14/h7-8,10,15H,3-6,9,14H2,1-2H3. The number of hydrogen-bond acceptors (Lipinski definition) is 2. The van der Waals surface area contributed by atoms with Crippen LogP contribution >= 0.6 is 0 Å². The van der Waals surface area contributed by atoms with Crippen molar-refractivity contribution in [2.24, 2.45) is 0 Å². The van der Waals surface area contributed by atoms with E-state index in [9.17, 15) is 0 Å². The van der Waals surface area contributed by atoms with Crippen molar-refractivity contribution in [1.82, 2.24) is 0 Å². The van der Waals surface area contributed by atoms with E-state index in [1.54, 1.807) is 0 Å². The summed E-state index contributed by atoms with van der Waals surface area (Å²) in [6.07, 6.45) is 5.13. The predicted molar refractivity (Wildman–Crippen MR) is 68.2 cm³/mol. The Labute approximate surface area is 92.9 Å². The maximum Gasteiger partial charge on any atom is 0.0574 e. The summed E-state index contributed by atoms with van der Waals surface area (Å²) >= 11 is 0. The summed E-state index contributed by atoms with van der Waals surface area (Å²) in [6, 6.07) is 6.16. The topological polar surface area (TPSA) is 38.0 Å². The maximum atomic E-state index is 5.90. The molecule has 0 saturated carbocycles. The molecule has 0 heterocycles. The van der Waals surface area contributed by atoms with Crippen molar-refractivity contribution in [2.45, 2.75) is 39.5 Å². The zero-order chi connectivity index (χ0) is 11.1. The maximum absolute atomic E-state index is 5.90. The molecule has 0 aromatic heterocycles. The van der Waals surface area contributed by atoms with Crippen molar-refractivity contribution in [2.75, 3.05) is 17.6 Å². The molecule has 3 N–H and O–H groups in total. The first-order valence-corrected chi connectivity index (χ1v) is 5.84. The van der Waals surface area contributed by atoms with Gasteiger partial charge in [-0.1, -0.05) is 32.3 Å². The van der Waals surface area contributed by atoms with E-state index >= 15 is 0 Å². The van der Waals surface area contributed by atoms with Crippen LogP contribution in [0.25, 0.3) is 0 Å². The van der Waals surface area contributed by atoms with Gasteiger partial charge in [-0.15, -0.1) is 0 Å². The summed E-state index contributed by atoms with van der Waals surface area (Å²) < 4.78 is 0. The first kappa shape index (κ1) is 11.9. The van der Waals surface area contributed by atoms with E-state index < -0.39 is 0 Å². The van der Waals surface area contributed by atoms with E-state index in [1.807, 2.05) is 6.07 Å². The van der Waals surface area contributed by atoms with Gasteiger partial charge in [-0.05, 0) is 31.0 Å².